The second kappa shape index (κ2) is 10.2. The standard InChI is InChI=1S/C24H27ClN6O3/c1-30(22(33)12-15-4-2-3-5-15)17-6-7-19-18(14-17)28-24(31(19)11-9-21(26)32)29-23(34)16-8-10-27-20(25)13-16/h6-8,10,13-15H,2-5,9,11-12H2,1H3,(H2,26,32)(H,28,29,34). The Hall–Kier alpha value is -3.46. The molecule has 2 aromatic heterocycles. The lowest BCUT2D eigenvalue weighted by Gasteiger charge is -2.19. The highest BCUT2D eigenvalue weighted by Gasteiger charge is 2.22. The van der Waals surface area contributed by atoms with E-state index in [2.05, 4.69) is 15.3 Å². The van der Waals surface area contributed by atoms with Crippen molar-refractivity contribution in [1.29, 1.82) is 0 Å². The van der Waals surface area contributed by atoms with Crippen molar-refractivity contribution >= 4 is 52.0 Å². The summed E-state index contributed by atoms with van der Waals surface area (Å²) >= 11 is 5.90. The van der Waals surface area contributed by atoms with Gasteiger partial charge in [-0.25, -0.2) is 9.97 Å². The molecule has 1 saturated carbocycles. The Morgan fingerprint density at radius 1 is 1.21 bits per heavy atom. The van der Waals surface area contributed by atoms with Crippen molar-refractivity contribution in [3.63, 3.8) is 0 Å². The zero-order valence-electron chi connectivity index (χ0n) is 19.0. The van der Waals surface area contributed by atoms with Gasteiger partial charge in [0.1, 0.15) is 5.15 Å². The highest BCUT2D eigenvalue weighted by molar-refractivity contribution is 6.29. The summed E-state index contributed by atoms with van der Waals surface area (Å²) in [5.41, 5.74) is 7.69. The molecule has 4 rings (SSSR count). The van der Waals surface area contributed by atoms with E-state index in [4.69, 9.17) is 17.3 Å². The molecule has 0 spiro atoms. The van der Waals surface area contributed by atoms with Gasteiger partial charge in [0.05, 0.1) is 11.0 Å². The molecular weight excluding hydrogens is 456 g/mol. The van der Waals surface area contributed by atoms with Crippen LogP contribution in [0.25, 0.3) is 11.0 Å². The molecular formula is C24H27ClN6O3. The lowest BCUT2D eigenvalue weighted by Crippen LogP contribution is -2.27. The Balaban J connectivity index is 1.61. The molecule has 10 heteroatoms. The van der Waals surface area contributed by atoms with Gasteiger partial charge in [-0.15, -0.1) is 0 Å². The van der Waals surface area contributed by atoms with Gasteiger partial charge in [0.25, 0.3) is 5.91 Å². The van der Waals surface area contributed by atoms with E-state index >= 15 is 0 Å². The van der Waals surface area contributed by atoms with Gasteiger partial charge in [0.15, 0.2) is 0 Å². The number of benzene rings is 1. The van der Waals surface area contributed by atoms with E-state index < -0.39 is 11.8 Å². The quantitative estimate of drug-likeness (QED) is 0.473. The summed E-state index contributed by atoms with van der Waals surface area (Å²) in [5, 5.41) is 2.98. The van der Waals surface area contributed by atoms with E-state index in [9.17, 15) is 14.4 Å². The summed E-state index contributed by atoms with van der Waals surface area (Å²) in [6.07, 6.45) is 6.66. The normalized spacial score (nSPS) is 13.8. The Morgan fingerprint density at radius 2 is 1.97 bits per heavy atom. The number of nitrogens with zero attached hydrogens (tertiary/aromatic N) is 4. The van der Waals surface area contributed by atoms with E-state index in [0.717, 1.165) is 12.8 Å². The molecule has 0 unspecified atom stereocenters. The number of aryl methyl sites for hydroxylation is 1. The molecule has 0 aliphatic heterocycles. The SMILES string of the molecule is CN(C(=O)CC1CCCC1)c1ccc2c(c1)nc(NC(=O)c1ccnc(Cl)c1)n2CCC(N)=O. The third-order valence-corrected chi connectivity index (χ3v) is 6.43. The first-order valence-corrected chi connectivity index (χ1v) is 11.7. The summed E-state index contributed by atoms with van der Waals surface area (Å²) in [5.74, 6) is -0.0816. The number of nitrogens with two attached hydrogens (primary N) is 1. The Kier molecular flexibility index (Phi) is 7.12. The number of rotatable bonds is 8. The molecule has 0 atom stereocenters. The summed E-state index contributed by atoms with van der Waals surface area (Å²) < 4.78 is 1.73. The molecule has 34 heavy (non-hydrogen) atoms. The number of halogens is 1. The van der Waals surface area contributed by atoms with Crippen LogP contribution in [0.15, 0.2) is 36.5 Å². The average Bonchev–Trinajstić information content (AvgIpc) is 3.43. The highest BCUT2D eigenvalue weighted by Crippen LogP contribution is 2.30. The zero-order chi connectivity index (χ0) is 24.2. The van der Waals surface area contributed by atoms with E-state index in [-0.39, 0.29) is 30.0 Å². The van der Waals surface area contributed by atoms with Gasteiger partial charge in [0.2, 0.25) is 17.8 Å². The predicted octanol–water partition coefficient (Wildman–Crippen LogP) is 3.76. The number of carbonyl (C=O) groups is 3. The molecule has 0 radical (unpaired) electrons. The number of carbonyl (C=O) groups excluding carboxylic acids is 3. The van der Waals surface area contributed by atoms with E-state index in [0.29, 0.717) is 34.6 Å². The Bertz CT molecular complexity index is 1230. The molecule has 1 aliphatic rings. The van der Waals surface area contributed by atoms with Crippen molar-refractivity contribution in [2.75, 3.05) is 17.3 Å². The summed E-state index contributed by atoms with van der Waals surface area (Å²) in [7, 11) is 1.76. The maximum absolute atomic E-state index is 12.8. The summed E-state index contributed by atoms with van der Waals surface area (Å²) in [4.78, 5) is 47.1. The second-order valence-corrected chi connectivity index (χ2v) is 8.99. The maximum atomic E-state index is 12.8. The van der Waals surface area contributed by atoms with Crippen LogP contribution >= 0.6 is 11.6 Å². The summed E-state index contributed by atoms with van der Waals surface area (Å²) in [6, 6.07) is 8.47. The number of amides is 3. The van der Waals surface area contributed by atoms with Crippen LogP contribution in [0.3, 0.4) is 0 Å². The van der Waals surface area contributed by atoms with Gasteiger partial charge in [-0.2, -0.15) is 0 Å². The first-order chi connectivity index (χ1) is 16.3. The van der Waals surface area contributed by atoms with Crippen molar-refractivity contribution in [3.05, 3.63) is 47.2 Å². The lowest BCUT2D eigenvalue weighted by molar-refractivity contribution is -0.119. The van der Waals surface area contributed by atoms with Gasteiger partial charge in [-0.05, 0) is 49.1 Å². The number of nitrogens with one attached hydrogen (secondary N) is 1. The summed E-state index contributed by atoms with van der Waals surface area (Å²) in [6.45, 7) is 0.244. The van der Waals surface area contributed by atoms with Crippen molar-refractivity contribution in [2.45, 2.75) is 45.1 Å². The topological polar surface area (TPSA) is 123 Å². The lowest BCUT2D eigenvalue weighted by atomic mass is 10.0. The van der Waals surface area contributed by atoms with Crippen molar-refractivity contribution < 1.29 is 14.4 Å². The number of primary amides is 1. The van der Waals surface area contributed by atoms with Gasteiger partial charge < -0.3 is 15.2 Å². The Labute approximate surface area is 202 Å². The molecule has 3 N–H and O–H groups in total. The molecule has 2 heterocycles. The minimum absolute atomic E-state index is 0.0718. The minimum atomic E-state index is -0.464. The molecule has 0 saturated heterocycles. The van der Waals surface area contributed by atoms with E-state index in [1.807, 2.05) is 18.2 Å². The molecule has 3 aromatic rings. The van der Waals surface area contributed by atoms with Gasteiger partial charge >= 0.3 is 0 Å². The van der Waals surface area contributed by atoms with Crippen LogP contribution in [0.1, 0.15) is 48.9 Å². The third-order valence-electron chi connectivity index (χ3n) is 6.23. The van der Waals surface area contributed by atoms with Crippen LogP contribution in [0, 0.1) is 5.92 Å². The number of hydrogen-bond acceptors (Lipinski definition) is 5. The van der Waals surface area contributed by atoms with Crippen LogP contribution in [0.5, 0.6) is 0 Å². The smallest absolute Gasteiger partial charge is 0.258 e. The maximum Gasteiger partial charge on any atom is 0.258 e. The van der Waals surface area contributed by atoms with Crippen LogP contribution in [0.4, 0.5) is 11.6 Å². The second-order valence-electron chi connectivity index (χ2n) is 8.61. The van der Waals surface area contributed by atoms with Crippen LogP contribution in [0.2, 0.25) is 5.15 Å². The number of pyridine rings is 1. The predicted molar refractivity (Wildman–Crippen MR) is 131 cm³/mol. The van der Waals surface area contributed by atoms with Gasteiger partial charge in [-0.3, -0.25) is 19.7 Å². The molecule has 1 aromatic carbocycles. The number of imidazole rings is 1. The first kappa shape index (κ1) is 23.7. The largest absolute Gasteiger partial charge is 0.370 e. The number of hydrogen-bond donors (Lipinski definition) is 2. The van der Waals surface area contributed by atoms with Crippen LogP contribution in [-0.4, -0.2) is 39.3 Å². The fraction of sp³-hybridized carbons (Fsp3) is 0.375. The molecule has 1 aliphatic carbocycles. The number of anilines is 2. The number of fused-ring (bicyclic) bond motifs is 1. The Morgan fingerprint density at radius 3 is 2.68 bits per heavy atom. The fourth-order valence-corrected chi connectivity index (χ4v) is 4.50. The third kappa shape index (κ3) is 5.36. The van der Waals surface area contributed by atoms with Gasteiger partial charge in [-0.1, -0.05) is 24.4 Å². The van der Waals surface area contributed by atoms with Crippen LogP contribution < -0.4 is 16.0 Å². The van der Waals surface area contributed by atoms with Crippen LogP contribution in [-0.2, 0) is 16.1 Å². The molecule has 1 fully saturated rings. The van der Waals surface area contributed by atoms with Gasteiger partial charge in [0, 0.05) is 43.9 Å². The van der Waals surface area contributed by atoms with Crippen molar-refractivity contribution in [3.8, 4) is 0 Å². The zero-order valence-corrected chi connectivity index (χ0v) is 19.7. The highest BCUT2D eigenvalue weighted by atomic mass is 35.5. The molecule has 0 bridgehead atoms. The fourth-order valence-electron chi connectivity index (χ4n) is 4.33. The molecule has 178 valence electrons. The number of aromatic nitrogens is 3. The monoisotopic (exact) mass is 482 g/mol. The van der Waals surface area contributed by atoms with Crippen molar-refractivity contribution in [1.82, 2.24) is 14.5 Å². The first-order valence-electron chi connectivity index (χ1n) is 11.3. The van der Waals surface area contributed by atoms with E-state index in [1.165, 1.54) is 25.1 Å². The van der Waals surface area contributed by atoms with E-state index in [1.54, 1.807) is 22.6 Å². The molecule has 9 nitrogen and oxygen atoms in total. The van der Waals surface area contributed by atoms with Crippen molar-refractivity contribution in [2.24, 2.45) is 11.7 Å². The average molecular weight is 483 g/mol. The molecule has 3 amide bonds. The minimum Gasteiger partial charge on any atom is -0.370 e.